The first kappa shape index (κ1) is 11.8. The highest BCUT2D eigenvalue weighted by Gasteiger charge is 2.07. The summed E-state index contributed by atoms with van der Waals surface area (Å²) < 4.78 is 0. The van der Waals surface area contributed by atoms with E-state index >= 15 is 0 Å². The third kappa shape index (κ3) is 2.20. The van der Waals surface area contributed by atoms with Crippen LogP contribution in [-0.2, 0) is 0 Å². The van der Waals surface area contributed by atoms with Gasteiger partial charge in [-0.1, -0.05) is 49.0 Å². The van der Waals surface area contributed by atoms with E-state index in [1.54, 1.807) is 0 Å². The molecule has 15 heavy (non-hydrogen) atoms. The van der Waals surface area contributed by atoms with E-state index in [9.17, 15) is 0 Å². The third-order valence-corrected chi connectivity index (χ3v) is 2.51. The van der Waals surface area contributed by atoms with E-state index in [0.717, 1.165) is 0 Å². The fourth-order valence-electron chi connectivity index (χ4n) is 1.70. The summed E-state index contributed by atoms with van der Waals surface area (Å²) in [6, 6.07) is 14.8. The van der Waals surface area contributed by atoms with Gasteiger partial charge >= 0.3 is 0 Å². The predicted molar refractivity (Wildman–Crippen MR) is 59.8 cm³/mol. The first-order valence-corrected chi connectivity index (χ1v) is 4.76. The lowest BCUT2D eigenvalue weighted by Gasteiger charge is -2.07. The molecule has 2 rings (SSSR count). The van der Waals surface area contributed by atoms with Crippen molar-refractivity contribution in [1.29, 1.82) is 0 Å². The van der Waals surface area contributed by atoms with Gasteiger partial charge in [0, 0.05) is 5.56 Å². The summed E-state index contributed by atoms with van der Waals surface area (Å²) >= 11 is 0. The standard InChI is InChI=1S/C13H13N.ClH/c1-2-13(14)12-9-5-7-10-6-3-4-8-11(10)12;/h2-9,13H,1,14H2;1H/t13-;/m0./s1. The van der Waals surface area contributed by atoms with Crippen molar-refractivity contribution in [3.8, 4) is 0 Å². The molecule has 3 N–H and O–H groups in total. The molecule has 1 nitrogen and oxygen atoms in total. The summed E-state index contributed by atoms with van der Waals surface area (Å²) in [4.78, 5) is 0. The summed E-state index contributed by atoms with van der Waals surface area (Å²) in [5, 5.41) is 2.54. The molecule has 0 aliphatic rings. The van der Waals surface area contributed by atoms with Crippen LogP contribution in [0.4, 0.5) is 0 Å². The van der Waals surface area contributed by atoms with Gasteiger partial charge in [0.05, 0.1) is 0 Å². The minimum Gasteiger partial charge on any atom is -1.00 e. The lowest BCUT2D eigenvalue weighted by atomic mass is 9.99. The molecule has 0 saturated heterocycles. The van der Waals surface area contributed by atoms with E-state index in [1.807, 2.05) is 6.08 Å². The molecule has 0 aliphatic carbocycles. The smallest absolute Gasteiger partial charge is 0.129 e. The molecular formula is C13H14ClN. The second-order valence-corrected chi connectivity index (χ2v) is 3.41. The maximum Gasteiger partial charge on any atom is 0.129 e. The Balaban J connectivity index is 0.00000112. The van der Waals surface area contributed by atoms with Crippen LogP contribution in [0.5, 0.6) is 0 Å². The minimum absolute atomic E-state index is 0. The lowest BCUT2D eigenvalue weighted by molar-refractivity contribution is -0.408. The molecule has 0 unspecified atom stereocenters. The van der Waals surface area contributed by atoms with Crippen molar-refractivity contribution < 1.29 is 18.1 Å². The second kappa shape index (κ2) is 4.96. The van der Waals surface area contributed by atoms with Crippen LogP contribution in [0.2, 0.25) is 0 Å². The highest BCUT2D eigenvalue weighted by molar-refractivity contribution is 5.86. The third-order valence-electron chi connectivity index (χ3n) is 2.51. The molecule has 0 aromatic heterocycles. The first-order valence-electron chi connectivity index (χ1n) is 4.76. The Morgan fingerprint density at radius 1 is 1.07 bits per heavy atom. The number of hydrogen-bond acceptors (Lipinski definition) is 0. The normalized spacial score (nSPS) is 11.8. The molecule has 0 spiro atoms. The minimum atomic E-state index is 0. The topological polar surface area (TPSA) is 27.6 Å². The SMILES string of the molecule is C=C[C@H]([NH3+])c1cccc2ccccc12.[Cl-]. The number of benzene rings is 2. The van der Waals surface area contributed by atoms with Gasteiger partial charge in [-0.05, 0) is 16.8 Å². The Morgan fingerprint density at radius 2 is 1.73 bits per heavy atom. The van der Waals surface area contributed by atoms with Crippen molar-refractivity contribution in [3.63, 3.8) is 0 Å². The van der Waals surface area contributed by atoms with Crippen molar-refractivity contribution in [3.05, 3.63) is 60.7 Å². The Morgan fingerprint density at radius 3 is 2.47 bits per heavy atom. The molecule has 2 aromatic rings. The van der Waals surface area contributed by atoms with E-state index in [-0.39, 0.29) is 18.4 Å². The maximum atomic E-state index is 4.06. The molecule has 0 amide bonds. The number of halogens is 1. The molecule has 2 heteroatoms. The number of rotatable bonds is 2. The van der Waals surface area contributed by atoms with Gasteiger partial charge in [0.25, 0.3) is 0 Å². The van der Waals surface area contributed by atoms with Crippen molar-refractivity contribution >= 4 is 10.8 Å². The second-order valence-electron chi connectivity index (χ2n) is 3.41. The van der Waals surface area contributed by atoms with Crippen molar-refractivity contribution in [1.82, 2.24) is 0 Å². The van der Waals surface area contributed by atoms with Crippen LogP contribution in [-0.4, -0.2) is 0 Å². The van der Waals surface area contributed by atoms with E-state index in [4.69, 9.17) is 0 Å². The van der Waals surface area contributed by atoms with Gasteiger partial charge in [-0.25, -0.2) is 0 Å². The molecule has 0 radical (unpaired) electrons. The van der Waals surface area contributed by atoms with E-state index in [1.165, 1.54) is 16.3 Å². The summed E-state index contributed by atoms with van der Waals surface area (Å²) in [6.45, 7) is 3.78. The van der Waals surface area contributed by atoms with Crippen molar-refractivity contribution in [2.75, 3.05) is 0 Å². The largest absolute Gasteiger partial charge is 1.00 e. The van der Waals surface area contributed by atoms with Crippen molar-refractivity contribution in [2.24, 2.45) is 0 Å². The van der Waals surface area contributed by atoms with Crippen LogP contribution in [0, 0.1) is 0 Å². The highest BCUT2D eigenvalue weighted by atomic mass is 35.5. The number of fused-ring (bicyclic) bond motifs is 1. The Hall–Kier alpha value is -1.31. The first-order chi connectivity index (χ1) is 6.83. The molecule has 0 saturated carbocycles. The highest BCUT2D eigenvalue weighted by Crippen LogP contribution is 2.22. The summed E-state index contributed by atoms with van der Waals surface area (Å²) in [5.41, 5.74) is 5.31. The van der Waals surface area contributed by atoms with Gasteiger partial charge in [0.1, 0.15) is 6.04 Å². The monoisotopic (exact) mass is 219 g/mol. The van der Waals surface area contributed by atoms with Gasteiger partial charge < -0.3 is 18.1 Å². The summed E-state index contributed by atoms with van der Waals surface area (Å²) in [5.74, 6) is 0. The average Bonchev–Trinajstić information content (AvgIpc) is 2.27. The zero-order chi connectivity index (χ0) is 9.97. The Bertz CT molecular complexity index is 460. The zero-order valence-corrected chi connectivity index (χ0v) is 9.24. The fraction of sp³-hybridized carbons (Fsp3) is 0.0769. The molecule has 0 fully saturated rings. The lowest BCUT2D eigenvalue weighted by Crippen LogP contribution is -3.00. The Labute approximate surface area is 96.0 Å². The van der Waals surface area contributed by atoms with Gasteiger partial charge in [-0.3, -0.25) is 0 Å². The van der Waals surface area contributed by atoms with E-state index < -0.39 is 0 Å². The molecular weight excluding hydrogens is 206 g/mol. The van der Waals surface area contributed by atoms with Crippen LogP contribution in [0.1, 0.15) is 11.6 Å². The fourth-order valence-corrected chi connectivity index (χ4v) is 1.70. The van der Waals surface area contributed by atoms with Crippen LogP contribution < -0.4 is 18.1 Å². The van der Waals surface area contributed by atoms with Crippen LogP contribution in [0.25, 0.3) is 10.8 Å². The van der Waals surface area contributed by atoms with E-state index in [2.05, 4.69) is 54.8 Å². The molecule has 0 aliphatic heterocycles. The maximum absolute atomic E-state index is 4.06. The van der Waals surface area contributed by atoms with E-state index in [0.29, 0.717) is 0 Å². The van der Waals surface area contributed by atoms with Gasteiger partial charge in [0.2, 0.25) is 0 Å². The van der Waals surface area contributed by atoms with Crippen LogP contribution >= 0.6 is 0 Å². The molecule has 1 atom stereocenters. The van der Waals surface area contributed by atoms with Crippen LogP contribution in [0.3, 0.4) is 0 Å². The summed E-state index contributed by atoms with van der Waals surface area (Å²) in [6.07, 6.45) is 1.88. The van der Waals surface area contributed by atoms with Gasteiger partial charge in [0.15, 0.2) is 0 Å². The molecule has 2 aromatic carbocycles. The van der Waals surface area contributed by atoms with Crippen LogP contribution in [0.15, 0.2) is 55.1 Å². The predicted octanol–water partition coefficient (Wildman–Crippen LogP) is -0.687. The average molecular weight is 220 g/mol. The molecule has 78 valence electrons. The summed E-state index contributed by atoms with van der Waals surface area (Å²) in [7, 11) is 0. The quantitative estimate of drug-likeness (QED) is 0.648. The molecule has 0 heterocycles. The molecule has 0 bridgehead atoms. The Kier molecular flexibility index (Phi) is 3.89. The number of hydrogen-bond donors (Lipinski definition) is 1. The zero-order valence-electron chi connectivity index (χ0n) is 8.49. The van der Waals surface area contributed by atoms with Crippen molar-refractivity contribution in [2.45, 2.75) is 6.04 Å². The number of quaternary nitrogens is 1. The van der Waals surface area contributed by atoms with Gasteiger partial charge in [-0.2, -0.15) is 0 Å². The van der Waals surface area contributed by atoms with Gasteiger partial charge in [-0.15, -0.1) is 0 Å².